The van der Waals surface area contributed by atoms with Gasteiger partial charge in [-0.25, -0.2) is 0 Å². The molecule has 5 nitrogen and oxygen atoms in total. The third kappa shape index (κ3) is 4.66. The van der Waals surface area contributed by atoms with E-state index >= 15 is 0 Å². The van der Waals surface area contributed by atoms with E-state index in [4.69, 9.17) is 16.1 Å². The average Bonchev–Trinajstić information content (AvgIpc) is 2.00. The van der Waals surface area contributed by atoms with Crippen molar-refractivity contribution in [2.75, 3.05) is 20.1 Å². The van der Waals surface area contributed by atoms with Crippen LogP contribution in [0.2, 0.25) is 0 Å². The van der Waals surface area contributed by atoms with Crippen molar-refractivity contribution in [2.45, 2.75) is 12.5 Å². The molecule has 0 aliphatic heterocycles. The van der Waals surface area contributed by atoms with Gasteiger partial charge in [0.1, 0.15) is 6.04 Å². The molecule has 0 aromatic carbocycles. The van der Waals surface area contributed by atoms with Crippen LogP contribution in [0.5, 0.6) is 0 Å². The number of aliphatic carboxylic acids is 1. The molecule has 0 bridgehead atoms. The summed E-state index contributed by atoms with van der Waals surface area (Å²) in [6, 6.07) is 1.10. The van der Waals surface area contributed by atoms with Crippen molar-refractivity contribution in [3.05, 3.63) is 0 Å². The van der Waals surface area contributed by atoms with Gasteiger partial charge in [-0.15, -0.1) is 0 Å². The molecule has 1 atom stereocenters. The molecule has 0 spiro atoms. The summed E-state index contributed by atoms with van der Waals surface area (Å²) in [6.07, 6.45) is 0.392. The fourth-order valence-corrected chi connectivity index (χ4v) is 0.746. The van der Waals surface area contributed by atoms with Gasteiger partial charge in [0.25, 0.3) is 0 Å². The third-order valence-electron chi connectivity index (χ3n) is 1.43. The van der Waals surface area contributed by atoms with Gasteiger partial charge >= 0.3 is 5.97 Å². The normalized spacial score (nSPS) is 12.5. The lowest BCUT2D eigenvalue weighted by molar-refractivity contribution is -0.138. The molecule has 0 radical (unpaired) electrons. The summed E-state index contributed by atoms with van der Waals surface area (Å²) in [6.45, 7) is 0.828. The third-order valence-corrected chi connectivity index (χ3v) is 1.43. The first-order valence-corrected chi connectivity index (χ1v) is 3.61. The van der Waals surface area contributed by atoms with Crippen molar-refractivity contribution in [3.8, 4) is 6.07 Å². The lowest BCUT2D eigenvalue weighted by Crippen LogP contribution is -2.41. The topological polar surface area (TPSA) is 90.4 Å². The number of hydrogen-bond donors (Lipinski definition) is 2. The summed E-state index contributed by atoms with van der Waals surface area (Å²) in [5.74, 6) is -1.01. The number of carbonyl (C=O) groups is 1. The summed E-state index contributed by atoms with van der Waals surface area (Å²) in [5.41, 5.74) is 5.27. The van der Waals surface area contributed by atoms with Gasteiger partial charge in [0.15, 0.2) is 0 Å². The Hall–Kier alpha value is -1.12. The highest BCUT2D eigenvalue weighted by atomic mass is 16.4. The molecule has 0 rings (SSSR count). The number of likely N-dealkylation sites (N-methyl/N-ethyl adjacent to an activating group) is 1. The minimum absolute atomic E-state index is 0.275. The van der Waals surface area contributed by atoms with Crippen LogP contribution in [0.1, 0.15) is 6.42 Å². The van der Waals surface area contributed by atoms with Gasteiger partial charge in [0.05, 0.1) is 6.07 Å². The molecule has 12 heavy (non-hydrogen) atoms. The Labute approximate surface area is 71.4 Å². The minimum Gasteiger partial charge on any atom is -0.480 e. The maximum absolute atomic E-state index is 10.3. The number of hydrogen-bond acceptors (Lipinski definition) is 4. The van der Waals surface area contributed by atoms with Gasteiger partial charge in [-0.3, -0.25) is 4.79 Å². The van der Waals surface area contributed by atoms with E-state index in [0.29, 0.717) is 13.0 Å². The molecule has 0 saturated carbocycles. The molecular weight excluding hydrogens is 158 g/mol. The zero-order chi connectivity index (χ0) is 9.56. The predicted octanol–water partition coefficient (Wildman–Crippen LogP) is -0.756. The van der Waals surface area contributed by atoms with Crippen molar-refractivity contribution in [3.63, 3.8) is 0 Å². The van der Waals surface area contributed by atoms with Crippen molar-refractivity contribution in [2.24, 2.45) is 5.73 Å². The average molecular weight is 171 g/mol. The summed E-state index contributed by atoms with van der Waals surface area (Å²) in [5, 5.41) is 16.7. The van der Waals surface area contributed by atoms with Crippen LogP contribution in [0.4, 0.5) is 0 Å². The Bertz CT molecular complexity index is 188. The van der Waals surface area contributed by atoms with Crippen LogP contribution < -0.4 is 5.73 Å². The van der Waals surface area contributed by atoms with Crippen LogP contribution in [-0.4, -0.2) is 42.2 Å². The molecule has 0 amide bonds. The summed E-state index contributed by atoms with van der Waals surface area (Å²) >= 11 is 0. The van der Waals surface area contributed by atoms with Crippen LogP contribution in [-0.2, 0) is 4.79 Å². The fraction of sp³-hybridized carbons (Fsp3) is 0.714. The lowest BCUT2D eigenvalue weighted by Gasteiger charge is -2.16. The van der Waals surface area contributed by atoms with Gasteiger partial charge in [-0.1, -0.05) is 0 Å². The highest BCUT2D eigenvalue weighted by molar-refractivity contribution is 5.73. The van der Waals surface area contributed by atoms with E-state index in [-0.39, 0.29) is 6.54 Å². The van der Waals surface area contributed by atoms with Crippen LogP contribution >= 0.6 is 0 Å². The highest BCUT2D eigenvalue weighted by Crippen LogP contribution is 1.88. The second-order valence-corrected chi connectivity index (χ2v) is 2.62. The van der Waals surface area contributed by atoms with Crippen LogP contribution in [0.3, 0.4) is 0 Å². The zero-order valence-corrected chi connectivity index (χ0v) is 7.03. The monoisotopic (exact) mass is 171 g/mol. The summed E-state index contributed by atoms with van der Waals surface area (Å²) < 4.78 is 0. The first kappa shape index (κ1) is 10.9. The number of carboxylic acids is 1. The first-order valence-electron chi connectivity index (χ1n) is 3.61. The number of nitrogens with two attached hydrogens (primary N) is 1. The minimum atomic E-state index is -1.01. The Balaban J connectivity index is 3.62. The Kier molecular flexibility index (Phi) is 5.00. The van der Waals surface area contributed by atoms with Crippen LogP contribution in [0, 0.1) is 11.3 Å². The standard InChI is InChI=1S/C7H13N3O2/c1-10(4-2-3-8)5-6(9)7(11)12/h6H,2,4-5,9H2,1H3,(H,11,12). The molecule has 0 saturated heterocycles. The molecular formula is C7H13N3O2. The maximum Gasteiger partial charge on any atom is 0.321 e. The molecule has 0 heterocycles. The molecule has 1 unspecified atom stereocenters. The number of nitriles is 1. The van der Waals surface area contributed by atoms with E-state index in [9.17, 15) is 4.79 Å². The molecule has 68 valence electrons. The largest absolute Gasteiger partial charge is 0.480 e. The Morgan fingerprint density at radius 1 is 1.83 bits per heavy atom. The second-order valence-electron chi connectivity index (χ2n) is 2.62. The van der Waals surface area contributed by atoms with E-state index in [1.54, 1.807) is 11.9 Å². The van der Waals surface area contributed by atoms with Crippen LogP contribution in [0.15, 0.2) is 0 Å². The van der Waals surface area contributed by atoms with Gasteiger partial charge < -0.3 is 15.7 Å². The van der Waals surface area contributed by atoms with Crippen LogP contribution in [0.25, 0.3) is 0 Å². The van der Waals surface area contributed by atoms with E-state index in [2.05, 4.69) is 0 Å². The van der Waals surface area contributed by atoms with E-state index in [1.165, 1.54) is 0 Å². The van der Waals surface area contributed by atoms with Gasteiger partial charge in [-0.05, 0) is 7.05 Å². The fourth-order valence-electron chi connectivity index (χ4n) is 0.746. The van der Waals surface area contributed by atoms with Crippen molar-refractivity contribution < 1.29 is 9.90 Å². The van der Waals surface area contributed by atoms with Crippen molar-refractivity contribution in [1.82, 2.24) is 4.90 Å². The zero-order valence-electron chi connectivity index (χ0n) is 7.03. The quantitative estimate of drug-likeness (QED) is 0.567. The Morgan fingerprint density at radius 3 is 2.83 bits per heavy atom. The van der Waals surface area contributed by atoms with Crippen molar-refractivity contribution >= 4 is 5.97 Å². The lowest BCUT2D eigenvalue weighted by atomic mass is 10.3. The van der Waals surface area contributed by atoms with E-state index in [0.717, 1.165) is 0 Å². The number of nitrogens with zero attached hydrogens (tertiary/aromatic N) is 2. The molecule has 0 aromatic heterocycles. The molecule has 0 aliphatic carbocycles. The number of rotatable bonds is 5. The van der Waals surface area contributed by atoms with Crippen molar-refractivity contribution in [1.29, 1.82) is 5.26 Å². The predicted molar refractivity (Wildman–Crippen MR) is 43.3 cm³/mol. The SMILES string of the molecule is CN(CCC#N)CC(N)C(=O)O. The van der Waals surface area contributed by atoms with E-state index in [1.807, 2.05) is 6.07 Å². The molecule has 0 aromatic rings. The highest BCUT2D eigenvalue weighted by Gasteiger charge is 2.13. The smallest absolute Gasteiger partial charge is 0.321 e. The first-order chi connectivity index (χ1) is 5.57. The van der Waals surface area contributed by atoms with Gasteiger partial charge in [-0.2, -0.15) is 5.26 Å². The summed E-state index contributed by atoms with van der Waals surface area (Å²) in [4.78, 5) is 12.0. The molecule has 3 N–H and O–H groups in total. The molecule has 5 heteroatoms. The van der Waals surface area contributed by atoms with E-state index < -0.39 is 12.0 Å². The maximum atomic E-state index is 10.3. The Morgan fingerprint density at radius 2 is 2.42 bits per heavy atom. The van der Waals surface area contributed by atoms with Gasteiger partial charge in [0, 0.05) is 19.5 Å². The molecule has 0 fully saturated rings. The molecule has 0 aliphatic rings. The second kappa shape index (κ2) is 5.52. The number of carboxylic acid groups (broad SMARTS) is 1. The van der Waals surface area contributed by atoms with Gasteiger partial charge in [0.2, 0.25) is 0 Å². The summed E-state index contributed by atoms with van der Waals surface area (Å²) in [7, 11) is 1.74.